The second kappa shape index (κ2) is 7.71. The van der Waals surface area contributed by atoms with Gasteiger partial charge in [-0.2, -0.15) is 0 Å². The fourth-order valence-corrected chi connectivity index (χ4v) is 0.844. The van der Waals surface area contributed by atoms with Crippen molar-refractivity contribution in [1.29, 1.82) is 0 Å². The third kappa shape index (κ3) is 11.3. The number of hydrogen-bond donors (Lipinski definition) is 0. The molecule has 7 heavy (non-hydrogen) atoms. The Balaban J connectivity index is 0. The summed E-state index contributed by atoms with van der Waals surface area (Å²) in [5, 5.41) is 0. The summed E-state index contributed by atoms with van der Waals surface area (Å²) in [7, 11) is -2.50. The summed E-state index contributed by atoms with van der Waals surface area (Å²) in [6.45, 7) is 0. The molecule has 36 valence electrons. The van der Waals surface area contributed by atoms with Gasteiger partial charge in [0.1, 0.15) is 0 Å². The van der Waals surface area contributed by atoms with Crippen LogP contribution in [0.2, 0.25) is 0 Å². The van der Waals surface area contributed by atoms with Crippen molar-refractivity contribution < 1.29 is 15.6 Å². The topological polar surface area (TPSA) is 52.6 Å². The first-order valence-corrected chi connectivity index (χ1v) is 3.73. The molecule has 7 heteroatoms. The van der Waals surface area contributed by atoms with Gasteiger partial charge >= 0.3 is 80.1 Å². The van der Waals surface area contributed by atoms with Gasteiger partial charge in [-0.25, -0.2) is 0 Å². The van der Waals surface area contributed by atoms with Gasteiger partial charge in [-0.3, -0.25) is 0 Å². The summed E-state index contributed by atoms with van der Waals surface area (Å²) in [4.78, 5) is 0. The average molecular weight is 505 g/mol. The first-order valence-electron chi connectivity index (χ1n) is 0.902. The molecule has 0 N–H and O–H groups in total. The van der Waals surface area contributed by atoms with Crippen LogP contribution in [-0.4, -0.2) is 53.5 Å². The van der Waals surface area contributed by atoms with Crippen molar-refractivity contribution in [3.63, 3.8) is 0 Å². The molecule has 0 aromatic rings. The molecule has 4 nitrogen and oxygen atoms in total. The first-order chi connectivity index (χ1) is 2.77. The fourth-order valence-electron chi connectivity index (χ4n) is 0.0321. The molecule has 0 amide bonds. The Kier molecular flexibility index (Phi) is 12.7. The Bertz CT molecular complexity index is 77.7. The number of hydrogen-bond acceptors (Lipinski definition) is 5. The third-order valence-corrected chi connectivity index (χ3v) is 1.20. The van der Waals surface area contributed by atoms with Crippen LogP contribution in [0.25, 0.3) is 0 Å². The summed E-state index contributed by atoms with van der Waals surface area (Å²) in [6, 6.07) is 0. The molecule has 0 saturated heterocycles. The molecule has 0 aliphatic heterocycles. The van der Waals surface area contributed by atoms with Gasteiger partial charge in [-0.1, -0.05) is 0 Å². The molecule has 0 bridgehead atoms. The molecule has 0 aromatic carbocycles. The van der Waals surface area contributed by atoms with Crippen molar-refractivity contribution in [2.24, 2.45) is 0 Å². The molecule has 0 aliphatic rings. The molecule has 0 saturated carbocycles. The van der Waals surface area contributed by atoms with Crippen LogP contribution in [-0.2, 0) is 26.6 Å². The Hall–Kier alpha value is 1.71. The fraction of sp³-hybridized carbons (Fsp3) is 0. The van der Waals surface area contributed by atoms with Crippen LogP contribution in [0.15, 0.2) is 0 Å². The SMILES string of the molecule is O=[S-](=O)O[O][Tl].[Tl+]. The van der Waals surface area contributed by atoms with Crippen molar-refractivity contribution >= 4 is 64.5 Å². The number of rotatable bonds is 2. The molecular weight excluding hydrogens is 505 g/mol. The summed E-state index contributed by atoms with van der Waals surface area (Å²) >= 11 is 0.105. The van der Waals surface area contributed by atoms with Crippen LogP contribution in [0.5, 0.6) is 0 Å². The van der Waals surface area contributed by atoms with Gasteiger partial charge in [-0.15, -0.1) is 0 Å². The van der Waals surface area contributed by atoms with Crippen LogP contribution in [0, 0.1) is 0 Å². The zero-order valence-electron chi connectivity index (χ0n) is 3.20. The van der Waals surface area contributed by atoms with Crippen LogP contribution >= 0.6 is 0 Å². The van der Waals surface area contributed by atoms with E-state index in [-0.39, 0.29) is 53.5 Å². The second-order valence-corrected chi connectivity index (χ2v) is 1.66. The van der Waals surface area contributed by atoms with Crippen molar-refractivity contribution in [2.75, 3.05) is 0 Å². The van der Waals surface area contributed by atoms with E-state index in [2.05, 4.69) is 7.17 Å². The van der Waals surface area contributed by atoms with Crippen LogP contribution in [0.3, 0.4) is 0 Å². The van der Waals surface area contributed by atoms with Gasteiger partial charge in [-0.05, 0) is 0 Å². The minimum atomic E-state index is -2.50. The quantitative estimate of drug-likeness (QED) is 0.207. The third-order valence-electron chi connectivity index (χ3n) is 0.0948. The van der Waals surface area contributed by atoms with E-state index in [4.69, 9.17) is 0 Å². The van der Waals surface area contributed by atoms with E-state index in [0.717, 1.165) is 0 Å². The molecule has 0 rings (SSSR count). The molecule has 0 unspecified atom stereocenters. The van der Waals surface area contributed by atoms with Crippen molar-refractivity contribution in [3.8, 4) is 0 Å². The second-order valence-electron chi connectivity index (χ2n) is 0.368. The summed E-state index contributed by atoms with van der Waals surface area (Å²) in [5.74, 6) is 0. The van der Waals surface area contributed by atoms with Crippen LogP contribution in [0.4, 0.5) is 0 Å². The summed E-state index contributed by atoms with van der Waals surface area (Å²) in [6.07, 6.45) is 0. The first kappa shape index (κ1) is 11.5. The Morgan fingerprint density at radius 2 is 1.86 bits per heavy atom. The van der Waals surface area contributed by atoms with E-state index in [9.17, 15) is 8.42 Å². The Labute approximate surface area is 79.1 Å². The molecule has 0 aromatic heterocycles. The maximum absolute atomic E-state index is 9.28. The summed E-state index contributed by atoms with van der Waals surface area (Å²) in [5.41, 5.74) is 0. The zero-order valence-corrected chi connectivity index (χ0v) is 13.0. The average Bonchev–Trinajstić information content (AvgIpc) is 1.35. The van der Waals surface area contributed by atoms with E-state index in [1.54, 1.807) is 0 Å². The smallest absolute Gasteiger partial charge is 1.00 e. The molecule has 0 fully saturated rings. The van der Waals surface area contributed by atoms with E-state index in [1.165, 1.54) is 0 Å². The van der Waals surface area contributed by atoms with Gasteiger partial charge in [0.05, 0.1) is 0 Å². The molecule has 0 aliphatic carbocycles. The minimum Gasteiger partial charge on any atom is 1.00 e. The monoisotopic (exact) mass is 506 g/mol. The molecule has 0 atom stereocenters. The maximum atomic E-state index is 9.28. The normalized spacial score (nSPS) is 8.00. The minimum absolute atomic E-state index is 0. The van der Waals surface area contributed by atoms with E-state index in [0.29, 0.717) is 0 Å². The van der Waals surface area contributed by atoms with Crippen LogP contribution in [0.1, 0.15) is 0 Å². The van der Waals surface area contributed by atoms with Crippen molar-refractivity contribution in [1.82, 2.24) is 0 Å². The predicted molar refractivity (Wildman–Crippen MR) is 22.4 cm³/mol. The van der Waals surface area contributed by atoms with Gasteiger partial charge in [0, 0.05) is 0 Å². The molecule has 0 radical (unpaired) electrons. The predicted octanol–water partition coefficient (Wildman–Crippen LogP) is -1.14. The van der Waals surface area contributed by atoms with Crippen molar-refractivity contribution in [2.45, 2.75) is 0 Å². The van der Waals surface area contributed by atoms with Crippen LogP contribution < -0.4 is 0 Å². The molecule has 0 spiro atoms. The Morgan fingerprint density at radius 1 is 1.43 bits per heavy atom. The van der Waals surface area contributed by atoms with E-state index >= 15 is 0 Å². The molecule has 0 heterocycles. The van der Waals surface area contributed by atoms with E-state index in [1.807, 2.05) is 0 Å². The standard InChI is InChI=1S/HO4S.2Tl/c1-4-5(2)3;;/h1H;;/q-1;2*+1/p-1. The Morgan fingerprint density at radius 3 is 1.86 bits per heavy atom. The van der Waals surface area contributed by atoms with Gasteiger partial charge < -0.3 is 0 Å². The van der Waals surface area contributed by atoms with Gasteiger partial charge in [0.15, 0.2) is 0 Å². The van der Waals surface area contributed by atoms with Gasteiger partial charge in [0.25, 0.3) is 0 Å². The maximum Gasteiger partial charge on any atom is 1.00 e. The van der Waals surface area contributed by atoms with E-state index < -0.39 is 11.0 Å². The molecular formula is O4STl2. The largest absolute Gasteiger partial charge is 1.00 e. The zero-order chi connectivity index (χ0) is 4.99. The van der Waals surface area contributed by atoms with Crippen molar-refractivity contribution in [3.05, 3.63) is 0 Å². The summed E-state index contributed by atoms with van der Waals surface area (Å²) < 4.78 is 25.9. The van der Waals surface area contributed by atoms with Gasteiger partial charge in [0.2, 0.25) is 0 Å².